The molecule has 0 fully saturated rings. The van der Waals surface area contributed by atoms with Crippen molar-refractivity contribution in [1.82, 2.24) is 9.88 Å². The highest BCUT2D eigenvalue weighted by Gasteiger charge is 2.34. The van der Waals surface area contributed by atoms with Crippen molar-refractivity contribution in [3.63, 3.8) is 0 Å². The molecule has 0 saturated heterocycles. The van der Waals surface area contributed by atoms with Gasteiger partial charge in [-0.1, -0.05) is 0 Å². The highest BCUT2D eigenvalue weighted by Crippen LogP contribution is 2.18. The molecule has 0 saturated carbocycles. The van der Waals surface area contributed by atoms with E-state index in [9.17, 15) is 28.1 Å². The quantitative estimate of drug-likeness (QED) is 0.619. The van der Waals surface area contributed by atoms with Crippen molar-refractivity contribution in [2.75, 3.05) is 19.7 Å². The number of hydrogen-bond acceptors (Lipinski definition) is 4. The van der Waals surface area contributed by atoms with Crippen molar-refractivity contribution >= 4 is 11.7 Å². The number of rotatable bonds is 5. The van der Waals surface area contributed by atoms with Gasteiger partial charge in [0.15, 0.2) is 5.69 Å². The molecule has 1 aromatic heterocycles. The minimum atomic E-state index is -4.62. The van der Waals surface area contributed by atoms with Crippen LogP contribution in [0.5, 0.6) is 0 Å². The van der Waals surface area contributed by atoms with E-state index in [0.717, 1.165) is 12.1 Å². The molecule has 0 bridgehead atoms. The summed E-state index contributed by atoms with van der Waals surface area (Å²) in [7, 11) is 0. The maximum Gasteiger partial charge on any atom is 0.406 e. The van der Waals surface area contributed by atoms with Gasteiger partial charge in [0.1, 0.15) is 6.54 Å². The molecule has 0 aliphatic heterocycles. The van der Waals surface area contributed by atoms with Gasteiger partial charge in [0.2, 0.25) is 0 Å². The van der Waals surface area contributed by atoms with Crippen LogP contribution in [0.4, 0.5) is 19.0 Å². The molecular formula is C9H10F3N3O4. The van der Waals surface area contributed by atoms with Crippen LogP contribution in [0.25, 0.3) is 0 Å². The van der Waals surface area contributed by atoms with E-state index < -0.39 is 42.5 Å². The molecule has 0 unspecified atom stereocenters. The smallest absolute Gasteiger partial charge is 0.395 e. The van der Waals surface area contributed by atoms with Crippen molar-refractivity contribution in [3.8, 4) is 0 Å². The number of aromatic nitrogens is 1. The Bertz CT molecular complexity index is 472. The van der Waals surface area contributed by atoms with Crippen molar-refractivity contribution in [1.29, 1.82) is 0 Å². The summed E-state index contributed by atoms with van der Waals surface area (Å²) in [6.45, 7) is -2.71. The fraction of sp³-hybridized carbons (Fsp3) is 0.444. The average Bonchev–Trinajstić information content (AvgIpc) is 2.75. The second kappa shape index (κ2) is 5.69. The molecule has 0 aromatic carbocycles. The van der Waals surface area contributed by atoms with Gasteiger partial charge in [-0.05, 0) is 11.0 Å². The number of nitro groups is 1. The summed E-state index contributed by atoms with van der Waals surface area (Å²) in [6.07, 6.45) is -4.62. The molecule has 1 rings (SSSR count). The Balaban J connectivity index is 2.89. The highest BCUT2D eigenvalue weighted by molar-refractivity contribution is 5.93. The number of H-pyrrole nitrogens is 1. The third kappa shape index (κ3) is 4.25. The number of nitrogens with one attached hydrogen (secondary N) is 1. The first kappa shape index (κ1) is 15.0. The number of carbonyl (C=O) groups is 1. The molecule has 106 valence electrons. The number of carbonyl (C=O) groups excluding carboxylic acids is 1. The normalized spacial score (nSPS) is 11.4. The van der Waals surface area contributed by atoms with Crippen LogP contribution in [-0.2, 0) is 0 Å². The molecule has 1 aromatic rings. The molecule has 0 aliphatic rings. The maximum absolute atomic E-state index is 12.2. The standard InChI is InChI=1S/C9H10F3N3O4/c10-9(11,12)5-14(3-4-16)8(17)6-1-2-7(13-6)15(18)19/h1-2,13,16H,3-5H2. The molecule has 0 atom stereocenters. The molecule has 10 heteroatoms. The van der Waals surface area contributed by atoms with Crippen LogP contribution in [0.1, 0.15) is 10.5 Å². The fourth-order valence-electron chi connectivity index (χ4n) is 1.37. The van der Waals surface area contributed by atoms with Gasteiger partial charge in [0.05, 0.1) is 6.61 Å². The van der Waals surface area contributed by atoms with Crippen LogP contribution in [0, 0.1) is 10.1 Å². The molecule has 1 amide bonds. The molecule has 0 radical (unpaired) electrons. The topological polar surface area (TPSA) is 99.5 Å². The minimum Gasteiger partial charge on any atom is -0.395 e. The fourth-order valence-corrected chi connectivity index (χ4v) is 1.37. The average molecular weight is 281 g/mol. The van der Waals surface area contributed by atoms with E-state index in [4.69, 9.17) is 5.11 Å². The predicted octanol–water partition coefficient (Wildman–Crippen LogP) is 0.920. The van der Waals surface area contributed by atoms with E-state index >= 15 is 0 Å². The molecule has 1 heterocycles. The number of amides is 1. The summed E-state index contributed by atoms with van der Waals surface area (Å²) < 4.78 is 36.7. The van der Waals surface area contributed by atoms with Crippen molar-refractivity contribution < 1.29 is 28.0 Å². The van der Waals surface area contributed by atoms with Gasteiger partial charge in [-0.25, -0.2) is 4.98 Å². The monoisotopic (exact) mass is 281 g/mol. The predicted molar refractivity (Wildman–Crippen MR) is 56.5 cm³/mol. The second-order valence-corrected chi connectivity index (χ2v) is 3.58. The van der Waals surface area contributed by atoms with Crippen LogP contribution < -0.4 is 0 Å². The first-order valence-electron chi connectivity index (χ1n) is 5.05. The number of nitrogens with zero attached hydrogens (tertiary/aromatic N) is 2. The Morgan fingerprint density at radius 2 is 2.11 bits per heavy atom. The molecule has 19 heavy (non-hydrogen) atoms. The van der Waals surface area contributed by atoms with Gasteiger partial charge >= 0.3 is 12.0 Å². The summed E-state index contributed by atoms with van der Waals surface area (Å²) >= 11 is 0. The summed E-state index contributed by atoms with van der Waals surface area (Å²) in [5, 5.41) is 19.0. The van der Waals surface area contributed by atoms with Crippen LogP contribution >= 0.6 is 0 Å². The maximum atomic E-state index is 12.2. The lowest BCUT2D eigenvalue weighted by molar-refractivity contribution is -0.389. The van der Waals surface area contributed by atoms with Crippen LogP contribution in [-0.4, -0.2) is 51.7 Å². The third-order valence-corrected chi connectivity index (χ3v) is 2.12. The van der Waals surface area contributed by atoms with Gasteiger partial charge < -0.3 is 20.1 Å². The van der Waals surface area contributed by atoms with E-state index in [1.807, 2.05) is 0 Å². The van der Waals surface area contributed by atoms with Crippen LogP contribution in [0.2, 0.25) is 0 Å². The zero-order chi connectivity index (χ0) is 14.6. The zero-order valence-corrected chi connectivity index (χ0v) is 9.48. The SMILES string of the molecule is O=C(c1ccc([N+](=O)[O-])[nH]1)N(CCO)CC(F)(F)F. The van der Waals surface area contributed by atoms with Gasteiger partial charge in [-0.3, -0.25) is 4.79 Å². The largest absolute Gasteiger partial charge is 0.406 e. The Kier molecular flexibility index (Phi) is 4.48. The minimum absolute atomic E-state index is 0.343. The Morgan fingerprint density at radius 1 is 1.47 bits per heavy atom. The van der Waals surface area contributed by atoms with E-state index in [1.165, 1.54) is 0 Å². The summed E-state index contributed by atoms with van der Waals surface area (Å²) in [6, 6.07) is 1.99. The lowest BCUT2D eigenvalue weighted by atomic mass is 10.3. The number of aliphatic hydroxyl groups is 1. The van der Waals surface area contributed by atoms with Gasteiger partial charge in [0, 0.05) is 12.6 Å². The van der Waals surface area contributed by atoms with Crippen LogP contribution in [0.3, 0.4) is 0 Å². The van der Waals surface area contributed by atoms with E-state index in [0.29, 0.717) is 4.90 Å². The molecule has 0 spiro atoms. The van der Waals surface area contributed by atoms with E-state index in [-0.39, 0.29) is 5.69 Å². The number of hydrogen-bond donors (Lipinski definition) is 2. The first-order valence-corrected chi connectivity index (χ1v) is 5.05. The van der Waals surface area contributed by atoms with Gasteiger partial charge in [0.25, 0.3) is 5.91 Å². The Hall–Kier alpha value is -2.10. The lowest BCUT2D eigenvalue weighted by Gasteiger charge is -2.21. The van der Waals surface area contributed by atoms with E-state index in [1.54, 1.807) is 0 Å². The molecular weight excluding hydrogens is 271 g/mol. The summed E-state index contributed by atoms with van der Waals surface area (Å²) in [4.78, 5) is 23.7. The Morgan fingerprint density at radius 3 is 2.53 bits per heavy atom. The number of aromatic amines is 1. The highest BCUT2D eigenvalue weighted by atomic mass is 19.4. The third-order valence-electron chi connectivity index (χ3n) is 2.12. The summed E-state index contributed by atoms with van der Waals surface area (Å²) in [5.41, 5.74) is -0.343. The summed E-state index contributed by atoms with van der Waals surface area (Å²) in [5.74, 6) is -1.57. The molecule has 7 nitrogen and oxygen atoms in total. The van der Waals surface area contributed by atoms with Gasteiger partial charge in [-0.2, -0.15) is 13.2 Å². The van der Waals surface area contributed by atoms with Gasteiger partial charge in [-0.15, -0.1) is 0 Å². The first-order chi connectivity index (χ1) is 8.74. The van der Waals surface area contributed by atoms with Crippen molar-refractivity contribution in [2.24, 2.45) is 0 Å². The van der Waals surface area contributed by atoms with Crippen molar-refractivity contribution in [3.05, 3.63) is 27.9 Å². The zero-order valence-electron chi connectivity index (χ0n) is 9.48. The number of aliphatic hydroxyl groups excluding tert-OH is 1. The Labute approximate surface area is 104 Å². The molecule has 0 aliphatic carbocycles. The van der Waals surface area contributed by atoms with Crippen LogP contribution in [0.15, 0.2) is 12.1 Å². The molecule has 2 N–H and O–H groups in total. The number of halogens is 3. The second-order valence-electron chi connectivity index (χ2n) is 3.58. The van der Waals surface area contributed by atoms with E-state index in [2.05, 4.69) is 4.98 Å². The van der Waals surface area contributed by atoms with Crippen molar-refractivity contribution in [2.45, 2.75) is 6.18 Å². The number of alkyl halides is 3. The lowest BCUT2D eigenvalue weighted by Crippen LogP contribution is -2.40.